The largest absolute Gasteiger partial charge is 0.446 e. The molecule has 0 aliphatic rings. The fourth-order valence-corrected chi connectivity index (χ4v) is 7.67. The van der Waals surface area contributed by atoms with Gasteiger partial charge in [-0.1, -0.05) is 115 Å². The minimum absolute atomic E-state index is 0.116. The highest BCUT2D eigenvalue weighted by Gasteiger charge is 2.27. The molecule has 0 fully saturated rings. The summed E-state index contributed by atoms with van der Waals surface area (Å²) in [5.41, 5.74) is 5.71. The van der Waals surface area contributed by atoms with Crippen LogP contribution in [0, 0.1) is 0 Å². The first-order valence-electron chi connectivity index (χ1n) is 16.9. The maximum absolute atomic E-state index is 14.4. The molecule has 52 heavy (non-hydrogen) atoms. The van der Waals surface area contributed by atoms with Crippen molar-refractivity contribution >= 4 is 54.8 Å². The van der Waals surface area contributed by atoms with Crippen molar-refractivity contribution in [2.45, 2.75) is 0 Å². The summed E-state index contributed by atoms with van der Waals surface area (Å²) in [7, 11) is 0. The first-order valence-corrected chi connectivity index (χ1v) is 16.9. The second-order valence-corrected chi connectivity index (χ2v) is 12.8. The molecular formula is C43H24N6O3. The van der Waals surface area contributed by atoms with Gasteiger partial charge in [-0.3, -0.25) is 9.59 Å². The molecule has 9 heteroatoms. The summed E-state index contributed by atoms with van der Waals surface area (Å²) in [4.78, 5) is 43.2. The Morgan fingerprint density at radius 3 is 1.63 bits per heavy atom. The molecule has 0 atom stereocenters. The summed E-state index contributed by atoms with van der Waals surface area (Å²) >= 11 is 0. The van der Waals surface area contributed by atoms with Crippen LogP contribution in [0.2, 0.25) is 0 Å². The molecule has 5 heterocycles. The summed E-state index contributed by atoms with van der Waals surface area (Å²) in [6.45, 7) is 0. The van der Waals surface area contributed by atoms with Crippen LogP contribution in [0.25, 0.3) is 94.6 Å². The molecule has 0 aliphatic heterocycles. The van der Waals surface area contributed by atoms with Crippen LogP contribution < -0.4 is 11.1 Å². The van der Waals surface area contributed by atoms with E-state index in [0.717, 1.165) is 43.1 Å². The van der Waals surface area contributed by atoms with E-state index in [9.17, 15) is 9.59 Å². The molecule has 0 saturated heterocycles. The van der Waals surface area contributed by atoms with Gasteiger partial charge < -0.3 is 8.98 Å². The van der Waals surface area contributed by atoms with Crippen molar-refractivity contribution in [2.75, 3.05) is 0 Å². The molecule has 0 saturated carbocycles. The van der Waals surface area contributed by atoms with Crippen LogP contribution in [0.4, 0.5) is 0 Å². The number of furan rings is 1. The highest BCUT2D eigenvalue weighted by atomic mass is 16.3. The van der Waals surface area contributed by atoms with E-state index in [2.05, 4.69) is 28.8 Å². The number of aromatic nitrogens is 6. The summed E-state index contributed by atoms with van der Waals surface area (Å²) in [5, 5.41) is 3.28. The smallest absolute Gasteiger partial charge is 0.318 e. The number of benzene rings is 6. The Labute approximate surface area is 293 Å². The molecule has 0 bridgehead atoms. The molecule has 0 radical (unpaired) electrons. The summed E-state index contributed by atoms with van der Waals surface area (Å²) in [6, 6.07) is 47.2. The molecule has 6 aromatic carbocycles. The molecule has 9 nitrogen and oxygen atoms in total. The maximum atomic E-state index is 14.4. The molecule has 0 N–H and O–H groups in total. The van der Waals surface area contributed by atoms with Gasteiger partial charge in [0.1, 0.15) is 5.52 Å². The topological polar surface area (TPSA) is 99.7 Å². The number of hydrogen-bond donors (Lipinski definition) is 0. The zero-order chi connectivity index (χ0) is 34.5. The predicted molar refractivity (Wildman–Crippen MR) is 203 cm³/mol. The highest BCUT2D eigenvalue weighted by molar-refractivity contribution is 6.12. The van der Waals surface area contributed by atoms with Crippen molar-refractivity contribution in [3.05, 3.63) is 166 Å². The van der Waals surface area contributed by atoms with Gasteiger partial charge in [-0.2, -0.15) is 4.52 Å². The Hall–Kier alpha value is -7.39. The van der Waals surface area contributed by atoms with Gasteiger partial charge in [-0.05, 0) is 30.3 Å². The minimum Gasteiger partial charge on any atom is -0.446 e. The van der Waals surface area contributed by atoms with E-state index < -0.39 is 11.1 Å². The van der Waals surface area contributed by atoms with E-state index in [1.807, 2.05) is 121 Å². The Bertz CT molecular complexity index is 3230. The third-order valence-corrected chi connectivity index (χ3v) is 9.91. The van der Waals surface area contributed by atoms with Gasteiger partial charge in [0.25, 0.3) is 5.56 Å². The number of hydrogen-bond acceptors (Lipinski definition) is 6. The lowest BCUT2D eigenvalue weighted by molar-refractivity contribution is 0.659. The molecule has 0 amide bonds. The van der Waals surface area contributed by atoms with Gasteiger partial charge >= 0.3 is 5.56 Å². The number of nitrogens with zero attached hydrogens (tertiary/aromatic N) is 6. The van der Waals surface area contributed by atoms with Crippen LogP contribution in [0.15, 0.2) is 160 Å². The first-order chi connectivity index (χ1) is 25.7. The zero-order valence-electron chi connectivity index (χ0n) is 27.3. The molecule has 0 aliphatic carbocycles. The van der Waals surface area contributed by atoms with Gasteiger partial charge in [0.05, 0.1) is 27.6 Å². The monoisotopic (exact) mass is 672 g/mol. The lowest BCUT2D eigenvalue weighted by atomic mass is 10.1. The molecule has 11 aromatic rings. The van der Waals surface area contributed by atoms with Gasteiger partial charge in [0.2, 0.25) is 5.58 Å². The third-order valence-electron chi connectivity index (χ3n) is 9.91. The third kappa shape index (κ3) is 3.84. The standard InChI is InChI=1S/C43H24N6O3/c50-42-35-29(41-45-39(25-13-3-1-4-14-25)44-40(46-41)26-15-5-2-6-16-26)19-11-23-33(35)48-36-30-20-12-24-34(37(30)52-38(36)43(51)49(42)48)47-31-21-9-7-17-27(31)28-18-8-10-22-32(28)47/h1-24H. The van der Waals surface area contributed by atoms with Crippen molar-refractivity contribution < 1.29 is 4.42 Å². The van der Waals surface area contributed by atoms with E-state index in [1.54, 1.807) is 4.52 Å². The lowest BCUT2D eigenvalue weighted by Gasteiger charge is -2.09. The first kappa shape index (κ1) is 28.4. The van der Waals surface area contributed by atoms with E-state index in [4.69, 9.17) is 19.4 Å². The Kier molecular flexibility index (Phi) is 5.77. The van der Waals surface area contributed by atoms with Crippen molar-refractivity contribution in [1.29, 1.82) is 0 Å². The molecule has 0 unspecified atom stereocenters. The average Bonchev–Trinajstić information content (AvgIpc) is 3.92. The quantitative estimate of drug-likeness (QED) is 0.186. The maximum Gasteiger partial charge on any atom is 0.318 e. The summed E-state index contributed by atoms with van der Waals surface area (Å²) in [5.74, 6) is 1.29. The van der Waals surface area contributed by atoms with Crippen LogP contribution in [0.3, 0.4) is 0 Å². The van der Waals surface area contributed by atoms with Crippen LogP contribution in [0.5, 0.6) is 0 Å². The van der Waals surface area contributed by atoms with Crippen LogP contribution in [0.1, 0.15) is 0 Å². The van der Waals surface area contributed by atoms with Crippen molar-refractivity contribution in [2.24, 2.45) is 0 Å². The number of fused-ring (bicyclic) bond motifs is 10. The second-order valence-electron chi connectivity index (χ2n) is 12.8. The van der Waals surface area contributed by atoms with Gasteiger partial charge in [0.15, 0.2) is 23.1 Å². The minimum atomic E-state index is -0.530. The summed E-state index contributed by atoms with van der Waals surface area (Å²) in [6.07, 6.45) is 0. The lowest BCUT2D eigenvalue weighted by Crippen LogP contribution is -2.21. The normalized spacial score (nSPS) is 12.0. The zero-order valence-corrected chi connectivity index (χ0v) is 27.3. The Morgan fingerprint density at radius 2 is 0.981 bits per heavy atom. The van der Waals surface area contributed by atoms with Gasteiger partial charge in [0, 0.05) is 32.8 Å². The van der Waals surface area contributed by atoms with E-state index >= 15 is 0 Å². The molecule has 0 spiro atoms. The SMILES string of the molecule is O=c1c2oc3c(-n4c5ccccc5c5ccccc54)cccc3c2n2c3cccc(-c4nc(-c5ccccc5)nc(-c5ccccc5)n4)c3c(=O)n12. The van der Waals surface area contributed by atoms with E-state index in [1.165, 1.54) is 0 Å². The predicted octanol–water partition coefficient (Wildman–Crippen LogP) is 8.53. The molecule has 5 aromatic heterocycles. The van der Waals surface area contributed by atoms with Gasteiger partial charge in [-0.25, -0.2) is 19.5 Å². The van der Waals surface area contributed by atoms with Crippen LogP contribution in [-0.2, 0) is 0 Å². The van der Waals surface area contributed by atoms with E-state index in [-0.39, 0.29) is 5.58 Å². The fraction of sp³-hybridized carbons (Fsp3) is 0. The Balaban J connectivity index is 1.20. The Morgan fingerprint density at radius 1 is 0.442 bits per heavy atom. The van der Waals surface area contributed by atoms with E-state index in [0.29, 0.717) is 50.4 Å². The second kappa shape index (κ2) is 10.6. The van der Waals surface area contributed by atoms with Crippen molar-refractivity contribution in [3.63, 3.8) is 0 Å². The summed E-state index contributed by atoms with van der Waals surface area (Å²) < 4.78 is 11.5. The molecular weight excluding hydrogens is 649 g/mol. The molecule has 244 valence electrons. The average molecular weight is 673 g/mol. The van der Waals surface area contributed by atoms with Crippen molar-refractivity contribution in [1.82, 2.24) is 28.5 Å². The van der Waals surface area contributed by atoms with Crippen LogP contribution in [-0.4, -0.2) is 28.5 Å². The number of rotatable bonds is 4. The molecule has 11 rings (SSSR count). The number of para-hydroxylation sites is 3. The highest BCUT2D eigenvalue weighted by Crippen LogP contribution is 2.38. The fourth-order valence-electron chi connectivity index (χ4n) is 7.67. The van der Waals surface area contributed by atoms with Crippen molar-refractivity contribution in [3.8, 4) is 39.9 Å². The van der Waals surface area contributed by atoms with Gasteiger partial charge in [-0.15, -0.1) is 0 Å². The van der Waals surface area contributed by atoms with Crippen LogP contribution >= 0.6 is 0 Å².